The summed E-state index contributed by atoms with van der Waals surface area (Å²) < 4.78 is 14.6. The molecule has 0 aliphatic heterocycles. The molecule has 0 N–H and O–H groups in total. The van der Waals surface area contributed by atoms with Gasteiger partial charge in [0.1, 0.15) is 5.82 Å². The third-order valence-corrected chi connectivity index (χ3v) is 2.61. The quantitative estimate of drug-likeness (QED) is 0.775. The third-order valence-electron chi connectivity index (χ3n) is 2.61. The minimum atomic E-state index is -0.270. The second-order valence-corrected chi connectivity index (χ2v) is 3.87. The van der Waals surface area contributed by atoms with Crippen LogP contribution >= 0.6 is 0 Å². The van der Waals surface area contributed by atoms with E-state index in [1.807, 2.05) is 19.1 Å². The Kier molecular flexibility index (Phi) is 3.67. The molecule has 0 amide bonds. The van der Waals surface area contributed by atoms with Gasteiger partial charge in [0.25, 0.3) is 0 Å². The van der Waals surface area contributed by atoms with Gasteiger partial charge >= 0.3 is 0 Å². The van der Waals surface area contributed by atoms with Crippen LogP contribution in [-0.4, -0.2) is 15.8 Å². The van der Waals surface area contributed by atoms with E-state index in [0.717, 1.165) is 17.5 Å². The van der Waals surface area contributed by atoms with Gasteiger partial charge in [-0.25, -0.2) is 9.37 Å². The molecule has 1 aromatic heterocycles. The molecule has 0 aliphatic carbocycles. The predicted molar refractivity (Wildman–Crippen MR) is 67.8 cm³/mol. The molecule has 1 aromatic carbocycles. The van der Waals surface area contributed by atoms with E-state index in [0.29, 0.717) is 12.4 Å². The van der Waals surface area contributed by atoms with Gasteiger partial charge in [-0.05, 0) is 30.7 Å². The maximum atomic E-state index is 12.8. The maximum absolute atomic E-state index is 12.8. The number of benzene rings is 1. The average Bonchev–Trinajstić information content (AvgIpc) is 2.75. The minimum absolute atomic E-state index is 0.270. The van der Waals surface area contributed by atoms with Crippen molar-refractivity contribution >= 4 is 12.4 Å². The molecular formula is C14H13FN2O. The summed E-state index contributed by atoms with van der Waals surface area (Å²) >= 11 is 0. The Labute approximate surface area is 105 Å². The number of hydrogen-bond acceptors (Lipinski definition) is 2. The molecular weight excluding hydrogens is 231 g/mol. The molecule has 0 aliphatic rings. The van der Waals surface area contributed by atoms with Crippen LogP contribution in [0.3, 0.4) is 0 Å². The highest BCUT2D eigenvalue weighted by molar-refractivity contribution is 5.70. The number of rotatable bonds is 4. The highest BCUT2D eigenvalue weighted by Gasteiger charge is 2.07. The molecule has 0 saturated carbocycles. The number of nitrogens with zero attached hydrogens (tertiary/aromatic N) is 2. The van der Waals surface area contributed by atoms with E-state index in [4.69, 9.17) is 0 Å². The summed E-state index contributed by atoms with van der Waals surface area (Å²) in [7, 11) is 0. The molecule has 3 nitrogen and oxygen atoms in total. The number of carbonyl (C=O) groups excluding carboxylic acids is 1. The Balaban J connectivity index is 2.34. The predicted octanol–water partition coefficient (Wildman–Crippen LogP) is 2.92. The second-order valence-electron chi connectivity index (χ2n) is 3.87. The SMILES string of the molecule is CC=Cc1cnc(C=O)n1Cc1ccc(F)cc1. The summed E-state index contributed by atoms with van der Waals surface area (Å²) in [5.41, 5.74) is 1.77. The lowest BCUT2D eigenvalue weighted by Gasteiger charge is -2.07. The van der Waals surface area contributed by atoms with Crippen LogP contribution in [0.1, 0.15) is 28.8 Å². The minimum Gasteiger partial charge on any atom is -0.318 e. The summed E-state index contributed by atoms with van der Waals surface area (Å²) in [6, 6.07) is 6.21. The molecule has 0 saturated heterocycles. The average molecular weight is 244 g/mol. The highest BCUT2D eigenvalue weighted by atomic mass is 19.1. The number of aldehydes is 1. The van der Waals surface area contributed by atoms with Crippen LogP contribution in [0.4, 0.5) is 4.39 Å². The first-order valence-corrected chi connectivity index (χ1v) is 5.62. The van der Waals surface area contributed by atoms with E-state index < -0.39 is 0 Å². The maximum Gasteiger partial charge on any atom is 0.185 e. The van der Waals surface area contributed by atoms with Crippen molar-refractivity contribution in [2.75, 3.05) is 0 Å². The van der Waals surface area contributed by atoms with Crippen molar-refractivity contribution in [2.45, 2.75) is 13.5 Å². The van der Waals surface area contributed by atoms with Gasteiger partial charge < -0.3 is 4.57 Å². The fourth-order valence-electron chi connectivity index (χ4n) is 1.75. The summed E-state index contributed by atoms with van der Waals surface area (Å²) in [5, 5.41) is 0. The van der Waals surface area contributed by atoms with Gasteiger partial charge in [-0.15, -0.1) is 0 Å². The van der Waals surface area contributed by atoms with Gasteiger partial charge in [-0.1, -0.05) is 18.2 Å². The number of carbonyl (C=O) groups is 1. The molecule has 0 spiro atoms. The number of imidazole rings is 1. The molecule has 1 heterocycles. The molecule has 2 aromatic rings. The first-order chi connectivity index (χ1) is 8.74. The zero-order chi connectivity index (χ0) is 13.0. The van der Waals surface area contributed by atoms with Crippen LogP contribution in [0.15, 0.2) is 36.5 Å². The van der Waals surface area contributed by atoms with E-state index in [1.165, 1.54) is 12.1 Å². The second kappa shape index (κ2) is 5.40. The van der Waals surface area contributed by atoms with Crippen LogP contribution < -0.4 is 0 Å². The van der Waals surface area contributed by atoms with Crippen LogP contribution in [0.2, 0.25) is 0 Å². The number of aromatic nitrogens is 2. The number of halogens is 1. The summed E-state index contributed by atoms with van der Waals surface area (Å²) in [5.74, 6) is 0.0982. The Morgan fingerprint density at radius 1 is 1.33 bits per heavy atom. The van der Waals surface area contributed by atoms with Gasteiger partial charge in [0.2, 0.25) is 0 Å². The van der Waals surface area contributed by atoms with Crippen molar-refractivity contribution in [1.29, 1.82) is 0 Å². The van der Waals surface area contributed by atoms with Crippen molar-refractivity contribution < 1.29 is 9.18 Å². The first-order valence-electron chi connectivity index (χ1n) is 5.62. The fraction of sp³-hybridized carbons (Fsp3) is 0.143. The molecule has 92 valence electrons. The molecule has 18 heavy (non-hydrogen) atoms. The fourth-order valence-corrected chi connectivity index (χ4v) is 1.75. The van der Waals surface area contributed by atoms with Gasteiger partial charge in [-0.3, -0.25) is 4.79 Å². The van der Waals surface area contributed by atoms with E-state index in [2.05, 4.69) is 4.98 Å². The molecule has 4 heteroatoms. The van der Waals surface area contributed by atoms with Crippen molar-refractivity contribution in [2.24, 2.45) is 0 Å². The van der Waals surface area contributed by atoms with E-state index >= 15 is 0 Å². The standard InChI is InChI=1S/C14H13FN2O/c1-2-3-13-8-16-14(10-18)17(13)9-11-4-6-12(15)7-5-11/h2-8,10H,9H2,1H3. The smallest absolute Gasteiger partial charge is 0.185 e. The molecule has 0 radical (unpaired) electrons. The van der Waals surface area contributed by atoms with Gasteiger partial charge in [0.05, 0.1) is 11.9 Å². The normalized spacial score (nSPS) is 11.0. The van der Waals surface area contributed by atoms with Crippen molar-refractivity contribution in [3.8, 4) is 0 Å². The van der Waals surface area contributed by atoms with Crippen molar-refractivity contribution in [3.05, 3.63) is 59.4 Å². The molecule has 0 bridgehead atoms. The third kappa shape index (κ3) is 2.53. The number of allylic oxidation sites excluding steroid dienone is 1. The van der Waals surface area contributed by atoms with Gasteiger partial charge in [-0.2, -0.15) is 0 Å². The van der Waals surface area contributed by atoms with Crippen LogP contribution in [-0.2, 0) is 6.54 Å². The Bertz CT molecular complexity index is 570. The lowest BCUT2D eigenvalue weighted by atomic mass is 10.2. The zero-order valence-electron chi connectivity index (χ0n) is 10.0. The Morgan fingerprint density at radius 3 is 2.67 bits per heavy atom. The molecule has 0 unspecified atom stereocenters. The van der Waals surface area contributed by atoms with E-state index in [1.54, 1.807) is 22.9 Å². The van der Waals surface area contributed by atoms with Gasteiger partial charge in [0, 0.05) is 6.54 Å². The van der Waals surface area contributed by atoms with Crippen molar-refractivity contribution in [1.82, 2.24) is 9.55 Å². The Morgan fingerprint density at radius 2 is 2.06 bits per heavy atom. The first kappa shape index (κ1) is 12.2. The monoisotopic (exact) mass is 244 g/mol. The summed E-state index contributed by atoms with van der Waals surface area (Å²) in [6.45, 7) is 2.39. The largest absolute Gasteiger partial charge is 0.318 e. The lowest BCUT2D eigenvalue weighted by Crippen LogP contribution is -2.06. The van der Waals surface area contributed by atoms with Gasteiger partial charge in [0.15, 0.2) is 12.1 Å². The summed E-state index contributed by atoms with van der Waals surface area (Å²) in [6.07, 6.45) is 6.13. The van der Waals surface area contributed by atoms with E-state index in [9.17, 15) is 9.18 Å². The summed E-state index contributed by atoms with van der Waals surface area (Å²) in [4.78, 5) is 15.0. The highest BCUT2D eigenvalue weighted by Crippen LogP contribution is 2.11. The van der Waals surface area contributed by atoms with Crippen LogP contribution in [0.5, 0.6) is 0 Å². The molecule has 0 atom stereocenters. The molecule has 2 rings (SSSR count). The zero-order valence-corrected chi connectivity index (χ0v) is 10.0. The molecule has 0 fully saturated rings. The Hall–Kier alpha value is -2.23. The van der Waals surface area contributed by atoms with Crippen LogP contribution in [0.25, 0.3) is 6.08 Å². The van der Waals surface area contributed by atoms with E-state index in [-0.39, 0.29) is 5.82 Å². The van der Waals surface area contributed by atoms with Crippen LogP contribution in [0, 0.1) is 5.82 Å². The topological polar surface area (TPSA) is 34.9 Å². The van der Waals surface area contributed by atoms with Crippen molar-refractivity contribution in [3.63, 3.8) is 0 Å². The number of hydrogen-bond donors (Lipinski definition) is 0. The lowest BCUT2D eigenvalue weighted by molar-refractivity contribution is 0.111.